The average molecular weight is 459 g/mol. The predicted molar refractivity (Wildman–Crippen MR) is 141 cm³/mol. The molecule has 0 aromatic heterocycles. The van der Waals surface area contributed by atoms with Crippen molar-refractivity contribution in [2.45, 2.75) is 123 Å². The van der Waals surface area contributed by atoms with Gasteiger partial charge in [-0.15, -0.1) is 13.2 Å². The van der Waals surface area contributed by atoms with E-state index < -0.39 is 0 Å². The first kappa shape index (κ1) is 27.0. The lowest BCUT2D eigenvalue weighted by molar-refractivity contribution is -0.0187. The lowest BCUT2D eigenvalue weighted by atomic mass is 9.57. The first-order chi connectivity index (χ1) is 15.8. The molecule has 2 heteroatoms. The van der Waals surface area contributed by atoms with E-state index in [0.29, 0.717) is 36.3 Å². The lowest BCUT2D eigenvalue weighted by Gasteiger charge is -2.48. The molecule has 0 aromatic rings. The molecular formula is C31H54O2. The monoisotopic (exact) mass is 458 g/mol. The summed E-state index contributed by atoms with van der Waals surface area (Å²) in [5.41, 5.74) is 0.924. The molecule has 0 spiro atoms. The topological polar surface area (TPSA) is 18.5 Å². The smallest absolute Gasteiger partial charge is 0.0648 e. The lowest BCUT2D eigenvalue weighted by Crippen LogP contribution is -2.39. The van der Waals surface area contributed by atoms with Gasteiger partial charge in [-0.25, -0.2) is 0 Å². The molecule has 0 amide bonds. The Kier molecular flexibility index (Phi) is 10.1. The van der Waals surface area contributed by atoms with Crippen molar-refractivity contribution in [1.29, 1.82) is 0 Å². The fraction of sp³-hybridized carbons (Fsp3) is 0.871. The van der Waals surface area contributed by atoms with Gasteiger partial charge in [0.25, 0.3) is 0 Å². The third-order valence-corrected chi connectivity index (χ3v) is 10.1. The highest BCUT2D eigenvalue weighted by molar-refractivity contribution is 4.93. The van der Waals surface area contributed by atoms with Gasteiger partial charge in [0.15, 0.2) is 0 Å². The maximum atomic E-state index is 5.96. The Balaban J connectivity index is 1.49. The van der Waals surface area contributed by atoms with Crippen molar-refractivity contribution in [3.63, 3.8) is 0 Å². The molecule has 190 valence electrons. The molecule has 3 aliphatic carbocycles. The summed E-state index contributed by atoms with van der Waals surface area (Å²) in [6.07, 6.45) is 22.3. The predicted octanol–water partition coefficient (Wildman–Crippen LogP) is 8.76. The number of ether oxygens (including phenoxy) is 2. The van der Waals surface area contributed by atoms with Crippen LogP contribution in [0.15, 0.2) is 25.3 Å². The maximum Gasteiger partial charge on any atom is 0.0648 e. The molecule has 0 saturated heterocycles. The Labute approximate surface area is 206 Å². The summed E-state index contributed by atoms with van der Waals surface area (Å²) in [5, 5.41) is 0. The van der Waals surface area contributed by atoms with Crippen molar-refractivity contribution in [2.24, 2.45) is 34.5 Å². The van der Waals surface area contributed by atoms with Crippen molar-refractivity contribution >= 4 is 0 Å². The second-order valence-corrected chi connectivity index (χ2v) is 12.9. The average Bonchev–Trinajstić information content (AvgIpc) is 2.82. The van der Waals surface area contributed by atoms with E-state index in [2.05, 4.69) is 40.9 Å². The standard InChI is InChI=1S/C31H54O2/c1-7-20-32-28-16-12-25(13-17-28)30(3,4)23-24-10-9-11-27(22-24)31(5,6)26-14-18-29(19-15-26)33-21-8-2/h7-8,24-29H,1-2,9-23H2,3-6H3. The van der Waals surface area contributed by atoms with Crippen LogP contribution in [0.5, 0.6) is 0 Å². The van der Waals surface area contributed by atoms with Gasteiger partial charge in [-0.1, -0.05) is 52.7 Å². The maximum absolute atomic E-state index is 5.96. The normalized spacial score (nSPS) is 34.1. The molecule has 0 bridgehead atoms. The summed E-state index contributed by atoms with van der Waals surface area (Å²) >= 11 is 0. The minimum Gasteiger partial charge on any atom is -0.374 e. The first-order valence-electron chi connectivity index (χ1n) is 14.2. The SMILES string of the molecule is C=CCOC1CCC(C(C)(C)CC2CCCC(C(C)(C)C3CCC(OCC=C)CC3)C2)CC1. The molecule has 3 aliphatic rings. The van der Waals surface area contributed by atoms with Crippen LogP contribution in [0, 0.1) is 34.5 Å². The second kappa shape index (κ2) is 12.4. The first-order valence-corrected chi connectivity index (χ1v) is 14.2. The van der Waals surface area contributed by atoms with Crippen LogP contribution >= 0.6 is 0 Å². The summed E-state index contributed by atoms with van der Waals surface area (Å²) < 4.78 is 11.9. The molecule has 0 radical (unpaired) electrons. The fourth-order valence-electron chi connectivity index (χ4n) is 7.79. The van der Waals surface area contributed by atoms with E-state index in [0.717, 1.165) is 23.7 Å². The number of rotatable bonds is 11. The van der Waals surface area contributed by atoms with Crippen LogP contribution in [0.3, 0.4) is 0 Å². The molecule has 3 rings (SSSR count). The third kappa shape index (κ3) is 7.44. The van der Waals surface area contributed by atoms with E-state index in [9.17, 15) is 0 Å². The van der Waals surface area contributed by atoms with E-state index in [1.165, 1.54) is 83.5 Å². The molecule has 33 heavy (non-hydrogen) atoms. The van der Waals surface area contributed by atoms with Crippen LogP contribution in [0.2, 0.25) is 0 Å². The Hall–Kier alpha value is -0.600. The highest BCUT2D eigenvalue weighted by atomic mass is 16.5. The summed E-state index contributed by atoms with van der Waals surface area (Å²) in [6.45, 7) is 19.4. The zero-order valence-electron chi connectivity index (χ0n) is 22.5. The molecule has 2 unspecified atom stereocenters. The van der Waals surface area contributed by atoms with Crippen molar-refractivity contribution in [3.05, 3.63) is 25.3 Å². The Bertz CT molecular complexity index is 590. The van der Waals surface area contributed by atoms with Crippen LogP contribution < -0.4 is 0 Å². The van der Waals surface area contributed by atoms with E-state index in [4.69, 9.17) is 9.47 Å². The minimum absolute atomic E-state index is 0.459. The number of hydrogen-bond acceptors (Lipinski definition) is 2. The molecule has 0 N–H and O–H groups in total. The molecular weight excluding hydrogens is 404 g/mol. The number of hydrogen-bond donors (Lipinski definition) is 0. The van der Waals surface area contributed by atoms with Gasteiger partial charge in [-0.3, -0.25) is 0 Å². The molecule has 0 aliphatic heterocycles. The quantitative estimate of drug-likeness (QED) is 0.288. The van der Waals surface area contributed by atoms with Crippen LogP contribution in [-0.2, 0) is 9.47 Å². The molecule has 2 atom stereocenters. The van der Waals surface area contributed by atoms with Gasteiger partial charge in [0.2, 0.25) is 0 Å². The van der Waals surface area contributed by atoms with Crippen LogP contribution in [0.4, 0.5) is 0 Å². The van der Waals surface area contributed by atoms with Gasteiger partial charge in [0.1, 0.15) is 0 Å². The molecule has 0 heterocycles. The van der Waals surface area contributed by atoms with Gasteiger partial charge in [-0.05, 0) is 105 Å². The van der Waals surface area contributed by atoms with E-state index in [1.54, 1.807) is 0 Å². The fourth-order valence-corrected chi connectivity index (χ4v) is 7.79. The van der Waals surface area contributed by atoms with E-state index in [-0.39, 0.29) is 0 Å². The van der Waals surface area contributed by atoms with Gasteiger partial charge < -0.3 is 9.47 Å². The zero-order valence-corrected chi connectivity index (χ0v) is 22.5. The van der Waals surface area contributed by atoms with Crippen LogP contribution in [0.25, 0.3) is 0 Å². The molecule has 3 fully saturated rings. The van der Waals surface area contributed by atoms with E-state index >= 15 is 0 Å². The van der Waals surface area contributed by atoms with Crippen LogP contribution in [0.1, 0.15) is 111 Å². The Morgan fingerprint density at radius 1 is 0.667 bits per heavy atom. The largest absolute Gasteiger partial charge is 0.374 e. The summed E-state index contributed by atoms with van der Waals surface area (Å²) in [7, 11) is 0. The van der Waals surface area contributed by atoms with Crippen molar-refractivity contribution in [2.75, 3.05) is 13.2 Å². The van der Waals surface area contributed by atoms with Gasteiger partial charge in [-0.2, -0.15) is 0 Å². The van der Waals surface area contributed by atoms with Crippen molar-refractivity contribution < 1.29 is 9.47 Å². The zero-order chi connectivity index (χ0) is 23.9. The Morgan fingerprint density at radius 2 is 1.18 bits per heavy atom. The summed E-state index contributed by atoms with van der Waals surface area (Å²) in [6, 6.07) is 0. The minimum atomic E-state index is 0.459. The van der Waals surface area contributed by atoms with E-state index in [1.807, 2.05) is 12.2 Å². The molecule has 0 aromatic carbocycles. The summed E-state index contributed by atoms with van der Waals surface area (Å²) in [5.74, 6) is 3.54. The highest BCUT2D eigenvalue weighted by Gasteiger charge is 2.42. The van der Waals surface area contributed by atoms with Crippen molar-refractivity contribution in [1.82, 2.24) is 0 Å². The Morgan fingerprint density at radius 3 is 1.70 bits per heavy atom. The van der Waals surface area contributed by atoms with Crippen molar-refractivity contribution in [3.8, 4) is 0 Å². The second-order valence-electron chi connectivity index (χ2n) is 12.9. The van der Waals surface area contributed by atoms with Gasteiger partial charge in [0, 0.05) is 0 Å². The molecule has 2 nitrogen and oxygen atoms in total. The summed E-state index contributed by atoms with van der Waals surface area (Å²) in [4.78, 5) is 0. The highest BCUT2D eigenvalue weighted by Crippen LogP contribution is 2.52. The van der Waals surface area contributed by atoms with Gasteiger partial charge in [0.05, 0.1) is 25.4 Å². The van der Waals surface area contributed by atoms with Gasteiger partial charge >= 0.3 is 0 Å². The molecule has 3 saturated carbocycles. The third-order valence-electron chi connectivity index (χ3n) is 10.1. The van der Waals surface area contributed by atoms with Crippen LogP contribution in [-0.4, -0.2) is 25.4 Å².